The highest BCUT2D eigenvalue weighted by molar-refractivity contribution is 7.91. The molecular formula is C22H26N6O3S. The second-order valence-electron chi connectivity index (χ2n) is 8.88. The Hall–Kier alpha value is -2.98. The lowest BCUT2D eigenvalue weighted by molar-refractivity contribution is 0.278. The maximum Gasteiger partial charge on any atom is 0.292 e. The Bertz CT molecular complexity index is 1270. The molecular weight excluding hydrogens is 428 g/mol. The smallest absolute Gasteiger partial charge is 0.292 e. The van der Waals surface area contributed by atoms with Gasteiger partial charge in [-0.1, -0.05) is 30.3 Å². The van der Waals surface area contributed by atoms with E-state index in [4.69, 9.17) is 4.74 Å². The van der Waals surface area contributed by atoms with Crippen LogP contribution in [0.4, 0.5) is 5.95 Å². The number of aliphatic imine (C=N–C) groups is 1. The number of amidine groups is 1. The molecule has 0 radical (unpaired) electrons. The topological polar surface area (TPSA) is 101 Å². The predicted molar refractivity (Wildman–Crippen MR) is 123 cm³/mol. The average Bonchev–Trinajstić information content (AvgIpc) is 3.32. The lowest BCUT2D eigenvalue weighted by Crippen LogP contribution is -2.39. The Morgan fingerprint density at radius 1 is 1.09 bits per heavy atom. The van der Waals surface area contributed by atoms with Gasteiger partial charge in [-0.25, -0.2) is 17.9 Å². The summed E-state index contributed by atoms with van der Waals surface area (Å²) in [5, 5.41) is 7.66. The molecule has 3 aromatic rings. The summed E-state index contributed by atoms with van der Waals surface area (Å²) in [6, 6.07) is 14.6. The van der Waals surface area contributed by atoms with Gasteiger partial charge in [0.05, 0.1) is 22.7 Å². The van der Waals surface area contributed by atoms with Gasteiger partial charge in [-0.05, 0) is 31.5 Å². The zero-order valence-corrected chi connectivity index (χ0v) is 19.0. The van der Waals surface area contributed by atoms with Gasteiger partial charge in [-0.15, -0.1) is 5.10 Å². The molecule has 168 valence electrons. The van der Waals surface area contributed by atoms with Crippen molar-refractivity contribution in [3.8, 4) is 11.3 Å². The fourth-order valence-corrected chi connectivity index (χ4v) is 5.15. The molecule has 0 amide bonds. The summed E-state index contributed by atoms with van der Waals surface area (Å²) in [5.74, 6) is 0.917. The summed E-state index contributed by atoms with van der Waals surface area (Å²) >= 11 is 0. The summed E-state index contributed by atoms with van der Waals surface area (Å²) in [6.07, 6.45) is 0. The summed E-state index contributed by atoms with van der Waals surface area (Å²) < 4.78 is 30.6. The molecule has 1 fully saturated rings. The monoisotopic (exact) mass is 454 g/mol. The van der Waals surface area contributed by atoms with E-state index >= 15 is 0 Å². The maximum absolute atomic E-state index is 11.6. The minimum absolute atomic E-state index is 0.241. The van der Waals surface area contributed by atoms with Crippen molar-refractivity contribution in [2.45, 2.75) is 25.9 Å². The molecule has 2 aliphatic heterocycles. The van der Waals surface area contributed by atoms with Crippen molar-refractivity contribution >= 4 is 27.5 Å². The summed E-state index contributed by atoms with van der Waals surface area (Å²) in [7, 11) is -2.86. The summed E-state index contributed by atoms with van der Waals surface area (Å²) in [4.78, 5) is 11.2. The van der Waals surface area contributed by atoms with Gasteiger partial charge in [-0.2, -0.15) is 4.98 Å². The first kappa shape index (κ1) is 20.9. The van der Waals surface area contributed by atoms with Crippen molar-refractivity contribution in [2.75, 3.05) is 36.5 Å². The normalized spacial score (nSPS) is 20.1. The van der Waals surface area contributed by atoms with E-state index in [-0.39, 0.29) is 17.0 Å². The van der Waals surface area contributed by atoms with Crippen molar-refractivity contribution in [1.29, 1.82) is 0 Å². The van der Waals surface area contributed by atoms with Gasteiger partial charge in [0.15, 0.2) is 15.5 Å². The van der Waals surface area contributed by atoms with Crippen LogP contribution in [0.5, 0.6) is 0 Å². The first-order valence-electron chi connectivity index (χ1n) is 10.6. The molecule has 5 rings (SSSR count). The van der Waals surface area contributed by atoms with Crippen molar-refractivity contribution in [2.24, 2.45) is 4.99 Å². The Balaban J connectivity index is 1.34. The summed E-state index contributed by atoms with van der Waals surface area (Å²) in [5.41, 5.74) is 3.57. The molecule has 0 saturated carbocycles. The first-order chi connectivity index (χ1) is 15.3. The number of nitrogens with zero attached hydrogens (tertiary/aromatic N) is 5. The third-order valence-electron chi connectivity index (χ3n) is 5.64. The summed E-state index contributed by atoms with van der Waals surface area (Å²) in [6.45, 7) is 6.46. The molecule has 2 aromatic heterocycles. The number of rotatable bonds is 4. The number of hydrogen-bond donors (Lipinski definition) is 1. The molecule has 10 heteroatoms. The fourth-order valence-electron chi connectivity index (χ4n) is 3.87. The third kappa shape index (κ3) is 4.46. The van der Waals surface area contributed by atoms with Crippen LogP contribution < -0.4 is 5.32 Å². The van der Waals surface area contributed by atoms with E-state index < -0.39 is 9.84 Å². The van der Waals surface area contributed by atoms with Gasteiger partial charge in [-0.3, -0.25) is 10.2 Å². The zero-order chi connectivity index (χ0) is 22.3. The van der Waals surface area contributed by atoms with Gasteiger partial charge < -0.3 is 4.74 Å². The number of nitrogens with one attached hydrogen (secondary N) is 1. The second-order valence-corrected chi connectivity index (χ2v) is 11.2. The van der Waals surface area contributed by atoms with E-state index in [1.165, 1.54) is 0 Å². The van der Waals surface area contributed by atoms with Crippen molar-refractivity contribution in [1.82, 2.24) is 19.5 Å². The van der Waals surface area contributed by atoms with E-state index in [0.717, 1.165) is 29.0 Å². The van der Waals surface area contributed by atoms with E-state index in [9.17, 15) is 8.42 Å². The van der Waals surface area contributed by atoms with Gasteiger partial charge in [0, 0.05) is 25.2 Å². The molecule has 1 N–H and O–H groups in total. The zero-order valence-electron chi connectivity index (χ0n) is 18.2. The van der Waals surface area contributed by atoms with Crippen LogP contribution in [0.1, 0.15) is 19.4 Å². The molecule has 0 spiro atoms. The van der Waals surface area contributed by atoms with E-state index in [1.807, 2.05) is 32.0 Å². The second kappa shape index (κ2) is 7.86. The number of anilines is 1. The number of pyridine rings is 1. The highest BCUT2D eigenvalue weighted by Crippen LogP contribution is 2.23. The molecule has 1 saturated heterocycles. The lowest BCUT2D eigenvalue weighted by Gasteiger charge is -2.26. The van der Waals surface area contributed by atoms with Crippen molar-refractivity contribution < 1.29 is 13.2 Å². The first-order valence-corrected chi connectivity index (χ1v) is 12.5. The van der Waals surface area contributed by atoms with Crippen LogP contribution in [0.15, 0.2) is 47.5 Å². The van der Waals surface area contributed by atoms with Crippen LogP contribution in [-0.4, -0.2) is 70.7 Å². The van der Waals surface area contributed by atoms with Gasteiger partial charge in [0.1, 0.15) is 6.61 Å². The quantitative estimate of drug-likeness (QED) is 0.645. The predicted octanol–water partition coefficient (Wildman–Crippen LogP) is 2.20. The van der Waals surface area contributed by atoms with Crippen LogP contribution in [0.25, 0.3) is 16.9 Å². The Labute approximate surface area is 187 Å². The van der Waals surface area contributed by atoms with E-state index in [2.05, 4.69) is 49.6 Å². The molecule has 1 aromatic carbocycles. The van der Waals surface area contributed by atoms with Gasteiger partial charge in [0.25, 0.3) is 12.0 Å². The molecule has 0 bridgehead atoms. The number of hydrogen-bond acceptors (Lipinski definition) is 8. The van der Waals surface area contributed by atoms with Gasteiger partial charge in [0.2, 0.25) is 0 Å². The largest absolute Gasteiger partial charge is 0.462 e. The van der Waals surface area contributed by atoms with Gasteiger partial charge >= 0.3 is 0 Å². The SMILES string of the molecule is CC1(C)COC(Nc2nc3cccc(-c4ccc(CN5CCS(=O)(=O)CC5)cc4)n3n2)=N1. The Morgan fingerprint density at radius 3 is 2.53 bits per heavy atom. The van der Waals surface area contributed by atoms with Crippen LogP contribution in [0, 0.1) is 0 Å². The Morgan fingerprint density at radius 2 is 1.84 bits per heavy atom. The maximum atomic E-state index is 11.6. The number of benzene rings is 1. The molecule has 0 aliphatic carbocycles. The molecule has 2 aliphatic rings. The Kier molecular flexibility index (Phi) is 5.13. The average molecular weight is 455 g/mol. The van der Waals surface area contributed by atoms with Crippen LogP contribution in [-0.2, 0) is 21.1 Å². The highest BCUT2D eigenvalue weighted by Gasteiger charge is 2.27. The van der Waals surface area contributed by atoms with Crippen LogP contribution in [0.2, 0.25) is 0 Å². The number of fused-ring (bicyclic) bond motifs is 1. The minimum Gasteiger partial charge on any atom is -0.462 e. The number of aromatic nitrogens is 3. The van der Waals surface area contributed by atoms with E-state index in [1.54, 1.807) is 4.52 Å². The fraction of sp³-hybridized carbons (Fsp3) is 0.409. The molecule has 32 heavy (non-hydrogen) atoms. The number of ether oxygens (including phenoxy) is 1. The van der Waals surface area contributed by atoms with E-state index in [0.29, 0.717) is 31.7 Å². The van der Waals surface area contributed by atoms with Crippen LogP contribution in [0.3, 0.4) is 0 Å². The molecule has 0 unspecified atom stereocenters. The van der Waals surface area contributed by atoms with Crippen molar-refractivity contribution in [3.63, 3.8) is 0 Å². The lowest BCUT2D eigenvalue weighted by atomic mass is 10.1. The molecule has 9 nitrogen and oxygen atoms in total. The van der Waals surface area contributed by atoms with Crippen LogP contribution >= 0.6 is 0 Å². The van der Waals surface area contributed by atoms with Crippen molar-refractivity contribution in [3.05, 3.63) is 48.0 Å². The highest BCUT2D eigenvalue weighted by atomic mass is 32.2. The molecule has 0 atom stereocenters. The standard InChI is InChI=1S/C22H26N6O3S/c1-22(2)15-31-21(25-22)24-20-23-19-5-3-4-18(28(19)26-20)17-8-6-16(7-9-17)14-27-10-12-32(29,30)13-11-27/h3-9H,10-15H2,1-2H3,(H,24,25,26). The molecule has 4 heterocycles. The third-order valence-corrected chi connectivity index (χ3v) is 7.25. The minimum atomic E-state index is -2.86. The number of sulfone groups is 1.